The maximum atomic E-state index is 12.9. The van der Waals surface area contributed by atoms with E-state index < -0.39 is 5.92 Å². The molecular weight excluding hydrogens is 400 g/mol. The second-order valence-corrected chi connectivity index (χ2v) is 9.39. The number of hydrogen-bond acceptors (Lipinski definition) is 6. The molecule has 0 N–H and O–H groups in total. The first-order valence-corrected chi connectivity index (χ1v) is 10.7. The average molecular weight is 420 g/mol. The van der Waals surface area contributed by atoms with Gasteiger partial charge in [-0.05, 0) is 31.9 Å². The summed E-state index contributed by atoms with van der Waals surface area (Å²) in [6.45, 7) is 3.97. The molecule has 0 unspecified atom stereocenters. The zero-order chi connectivity index (χ0) is 19.9. The Morgan fingerprint density at radius 2 is 2.04 bits per heavy atom. The lowest BCUT2D eigenvalue weighted by molar-refractivity contribution is -0.109. The number of hydrogen-bond donors (Lipinski definition) is 0. The van der Waals surface area contributed by atoms with Crippen LogP contribution in [-0.4, -0.2) is 26.7 Å². The fourth-order valence-electron chi connectivity index (χ4n) is 3.42. The van der Waals surface area contributed by atoms with Crippen LogP contribution in [0.25, 0.3) is 10.6 Å². The van der Waals surface area contributed by atoms with Gasteiger partial charge in [0.1, 0.15) is 0 Å². The Hall–Kier alpha value is -2.06. The lowest BCUT2D eigenvalue weighted by atomic mass is 9.77. The second-order valence-electron chi connectivity index (χ2n) is 7.25. The van der Waals surface area contributed by atoms with Crippen LogP contribution < -0.4 is 0 Å². The summed E-state index contributed by atoms with van der Waals surface area (Å²) in [7, 11) is 0. The molecule has 0 aromatic carbocycles. The topological polar surface area (TPSA) is 55.7 Å². The van der Waals surface area contributed by atoms with Crippen LogP contribution in [0.3, 0.4) is 0 Å². The van der Waals surface area contributed by atoms with Gasteiger partial charge < -0.3 is 0 Å². The normalized spacial score (nSPS) is 16.1. The first kappa shape index (κ1) is 19.3. The van der Waals surface area contributed by atoms with Gasteiger partial charge in [-0.25, -0.2) is 18.7 Å². The van der Waals surface area contributed by atoms with E-state index in [1.165, 1.54) is 0 Å². The number of carbonyl (C=O) groups is 1. The van der Waals surface area contributed by atoms with Crippen molar-refractivity contribution >= 4 is 28.5 Å². The highest BCUT2D eigenvalue weighted by Gasteiger charge is 2.45. The van der Waals surface area contributed by atoms with Crippen molar-refractivity contribution in [2.24, 2.45) is 5.92 Å². The Balaban J connectivity index is 1.38. The summed E-state index contributed by atoms with van der Waals surface area (Å²) in [6.07, 6.45) is 1.93. The van der Waals surface area contributed by atoms with E-state index >= 15 is 0 Å². The number of alkyl halides is 2. The van der Waals surface area contributed by atoms with E-state index in [1.54, 1.807) is 34.9 Å². The lowest BCUT2D eigenvalue weighted by Gasteiger charge is -2.34. The smallest absolute Gasteiger partial charge is 0.248 e. The van der Waals surface area contributed by atoms with Crippen molar-refractivity contribution in [3.05, 3.63) is 50.7 Å². The molecule has 0 amide bonds. The Bertz CT molecular complexity index is 1000. The van der Waals surface area contributed by atoms with Crippen LogP contribution in [0.15, 0.2) is 23.7 Å². The molecule has 0 aliphatic heterocycles. The lowest BCUT2D eigenvalue weighted by Crippen LogP contribution is -2.36. The minimum atomic E-state index is -2.59. The van der Waals surface area contributed by atoms with E-state index in [2.05, 4.69) is 9.97 Å². The Morgan fingerprint density at radius 3 is 2.64 bits per heavy atom. The molecule has 0 saturated heterocycles. The number of ketones is 1. The minimum Gasteiger partial charge on any atom is -0.294 e. The van der Waals surface area contributed by atoms with Crippen LogP contribution in [0.4, 0.5) is 8.78 Å². The van der Waals surface area contributed by atoms with Gasteiger partial charge in [0.15, 0.2) is 5.78 Å². The zero-order valence-corrected chi connectivity index (χ0v) is 17.2. The predicted octanol–water partition coefficient (Wildman–Crippen LogP) is 5.49. The largest absolute Gasteiger partial charge is 0.294 e. The van der Waals surface area contributed by atoms with Crippen LogP contribution >= 0.6 is 22.7 Å². The molecule has 1 aliphatic carbocycles. The van der Waals surface area contributed by atoms with Gasteiger partial charge in [-0.15, -0.1) is 22.7 Å². The number of nitrogens with zero attached hydrogens (tertiary/aromatic N) is 3. The highest BCUT2D eigenvalue weighted by molar-refractivity contribution is 7.15. The molecule has 0 atom stereocenters. The molecule has 3 heterocycles. The number of aryl methyl sites for hydroxylation is 2. The summed E-state index contributed by atoms with van der Waals surface area (Å²) >= 11 is 3.21. The van der Waals surface area contributed by atoms with Gasteiger partial charge in [0.2, 0.25) is 5.92 Å². The number of pyridine rings is 1. The average Bonchev–Trinajstić information content (AvgIpc) is 3.19. The molecule has 28 heavy (non-hydrogen) atoms. The molecular formula is C20H19F2N3OS2. The minimum absolute atomic E-state index is 0.118. The van der Waals surface area contributed by atoms with Crippen molar-refractivity contribution in [3.63, 3.8) is 0 Å². The molecule has 0 spiro atoms. The van der Waals surface area contributed by atoms with E-state index in [9.17, 15) is 13.6 Å². The highest BCUT2D eigenvalue weighted by atomic mass is 32.1. The molecule has 3 aromatic rings. The summed E-state index contributed by atoms with van der Waals surface area (Å²) in [5.41, 5.74) is 3.23. The molecule has 4 nitrogen and oxygen atoms in total. The Morgan fingerprint density at radius 1 is 1.25 bits per heavy atom. The number of Topliss-reactive ketones (excluding diaryl/α,β-unsaturated/α-hetero) is 1. The second kappa shape index (κ2) is 7.40. The van der Waals surface area contributed by atoms with Crippen molar-refractivity contribution in [2.45, 2.75) is 45.5 Å². The van der Waals surface area contributed by atoms with Gasteiger partial charge in [0, 0.05) is 48.5 Å². The van der Waals surface area contributed by atoms with E-state index in [4.69, 9.17) is 4.98 Å². The summed E-state index contributed by atoms with van der Waals surface area (Å²) in [5.74, 6) is -2.92. The molecule has 0 bridgehead atoms. The van der Waals surface area contributed by atoms with E-state index in [0.717, 1.165) is 32.0 Å². The number of aromatic nitrogens is 3. The maximum absolute atomic E-state index is 12.9. The van der Waals surface area contributed by atoms with Gasteiger partial charge in [-0.1, -0.05) is 0 Å². The van der Waals surface area contributed by atoms with Crippen molar-refractivity contribution < 1.29 is 13.6 Å². The molecule has 1 fully saturated rings. The SMILES string of the molecule is Cc1nc(C)c(-c2csc(Cc3ccc(C(=O)CC4CC(F)(F)C4)cn3)n2)s1. The number of halogens is 2. The zero-order valence-electron chi connectivity index (χ0n) is 15.5. The van der Waals surface area contributed by atoms with Crippen LogP contribution in [0.2, 0.25) is 0 Å². The summed E-state index contributed by atoms with van der Waals surface area (Å²) in [6, 6.07) is 3.54. The number of rotatable bonds is 6. The van der Waals surface area contributed by atoms with Gasteiger partial charge >= 0.3 is 0 Å². The quantitative estimate of drug-likeness (QED) is 0.496. The fourth-order valence-corrected chi connectivity index (χ4v) is 5.18. The van der Waals surface area contributed by atoms with E-state index in [0.29, 0.717) is 12.0 Å². The monoisotopic (exact) mass is 419 g/mol. The van der Waals surface area contributed by atoms with Gasteiger partial charge in [0.25, 0.3) is 0 Å². The van der Waals surface area contributed by atoms with Gasteiger partial charge in [0.05, 0.1) is 26.3 Å². The molecule has 0 radical (unpaired) electrons. The van der Waals surface area contributed by atoms with Gasteiger partial charge in [-0.3, -0.25) is 9.78 Å². The summed E-state index contributed by atoms with van der Waals surface area (Å²) in [4.78, 5) is 26.8. The number of thiazole rings is 2. The van der Waals surface area contributed by atoms with Crippen molar-refractivity contribution in [1.82, 2.24) is 15.0 Å². The van der Waals surface area contributed by atoms with Crippen LogP contribution in [0, 0.1) is 19.8 Å². The highest BCUT2D eigenvalue weighted by Crippen LogP contribution is 2.44. The first-order valence-electron chi connectivity index (χ1n) is 9.04. The van der Waals surface area contributed by atoms with Crippen LogP contribution in [0.1, 0.15) is 51.0 Å². The predicted molar refractivity (Wildman–Crippen MR) is 106 cm³/mol. The fraction of sp³-hybridized carbons (Fsp3) is 0.400. The molecule has 3 aromatic heterocycles. The number of carbonyl (C=O) groups excluding carboxylic acids is 1. The van der Waals surface area contributed by atoms with Crippen molar-refractivity contribution in [1.29, 1.82) is 0 Å². The Kier molecular flexibility index (Phi) is 5.09. The van der Waals surface area contributed by atoms with Crippen LogP contribution in [-0.2, 0) is 6.42 Å². The maximum Gasteiger partial charge on any atom is 0.248 e. The molecule has 4 rings (SSSR count). The van der Waals surface area contributed by atoms with Crippen LogP contribution in [0.5, 0.6) is 0 Å². The van der Waals surface area contributed by atoms with Gasteiger partial charge in [-0.2, -0.15) is 0 Å². The standard InChI is InChI=1S/C20H19F2N3OS2/c1-11-19(28-12(2)24-11)16-10-27-18(25-16)6-15-4-3-14(9-23-15)17(26)5-13-7-20(21,22)8-13/h3-4,9-10,13H,5-8H2,1-2H3. The third-order valence-electron chi connectivity index (χ3n) is 4.82. The Labute approximate surface area is 169 Å². The first-order chi connectivity index (χ1) is 13.3. The third-order valence-corrected chi connectivity index (χ3v) is 6.76. The molecule has 1 saturated carbocycles. The molecule has 146 valence electrons. The van der Waals surface area contributed by atoms with E-state index in [1.807, 2.05) is 25.3 Å². The third kappa shape index (κ3) is 4.17. The summed E-state index contributed by atoms with van der Waals surface area (Å²) < 4.78 is 25.8. The molecule has 8 heteroatoms. The van der Waals surface area contributed by atoms with Crippen molar-refractivity contribution in [3.8, 4) is 10.6 Å². The summed E-state index contributed by atoms with van der Waals surface area (Å²) in [5, 5.41) is 4.00. The van der Waals surface area contributed by atoms with Crippen molar-refractivity contribution in [2.75, 3.05) is 0 Å². The van der Waals surface area contributed by atoms with E-state index in [-0.39, 0.29) is 31.0 Å². The molecule has 1 aliphatic rings.